The molecule has 26 heavy (non-hydrogen) atoms. The summed E-state index contributed by atoms with van der Waals surface area (Å²) in [6.45, 7) is 14.1. The van der Waals surface area contributed by atoms with E-state index in [1.807, 2.05) is 20.8 Å². The van der Waals surface area contributed by atoms with Crippen LogP contribution in [0.1, 0.15) is 66.9 Å². The second kappa shape index (κ2) is 8.48. The van der Waals surface area contributed by atoms with Gasteiger partial charge in [0.2, 0.25) is 5.91 Å². The molecule has 2 N–H and O–H groups in total. The van der Waals surface area contributed by atoms with Crippen molar-refractivity contribution in [2.75, 3.05) is 7.05 Å². The highest BCUT2D eigenvalue weighted by atomic mass is 32.1. The first kappa shape index (κ1) is 22.6. The normalized spacial score (nSPS) is 14.4. The zero-order valence-electron chi connectivity index (χ0n) is 17.4. The summed E-state index contributed by atoms with van der Waals surface area (Å²) in [6.07, 6.45) is 5.02. The van der Waals surface area contributed by atoms with E-state index in [1.165, 1.54) is 18.6 Å². The number of urea groups is 1. The maximum atomic E-state index is 12.6. The van der Waals surface area contributed by atoms with Crippen LogP contribution in [0.4, 0.5) is 4.79 Å². The summed E-state index contributed by atoms with van der Waals surface area (Å²) in [5.74, 6) is -0.415. The van der Waals surface area contributed by atoms with E-state index >= 15 is 0 Å². The fourth-order valence-electron chi connectivity index (χ4n) is 2.17. The molecule has 0 fully saturated rings. The molecule has 1 atom stereocenters. The number of aryl methyl sites for hydroxylation is 1. The molecule has 0 saturated heterocycles. The number of rotatable bonds is 4. The highest BCUT2D eigenvalue weighted by Gasteiger charge is 2.32. The molecule has 3 amide bonds. The monoisotopic (exact) mass is 382 g/mol. The molecule has 148 valence electrons. The first-order chi connectivity index (χ1) is 11.8. The van der Waals surface area contributed by atoms with Crippen molar-refractivity contribution in [1.82, 2.24) is 8.86 Å². The Morgan fingerprint density at radius 2 is 1.85 bits per heavy atom. The van der Waals surface area contributed by atoms with E-state index in [1.54, 1.807) is 0 Å². The van der Waals surface area contributed by atoms with E-state index in [0.717, 1.165) is 29.7 Å². The quantitative estimate of drug-likeness (QED) is 0.865. The fourth-order valence-corrected chi connectivity index (χ4v) is 3.20. The molecule has 0 saturated carbocycles. The van der Waals surface area contributed by atoms with Gasteiger partial charge in [0, 0.05) is 24.3 Å². The van der Waals surface area contributed by atoms with Gasteiger partial charge in [-0.2, -0.15) is 4.99 Å². The molecule has 1 aromatic rings. The lowest BCUT2D eigenvalue weighted by molar-refractivity contribution is -0.130. The Labute approximate surface area is 161 Å². The van der Waals surface area contributed by atoms with Crippen molar-refractivity contribution in [2.45, 2.75) is 79.3 Å². The zero-order chi connectivity index (χ0) is 20.3. The van der Waals surface area contributed by atoms with Gasteiger partial charge in [0.25, 0.3) is 0 Å². The third-order valence-electron chi connectivity index (χ3n) is 4.21. The summed E-state index contributed by atoms with van der Waals surface area (Å²) in [4.78, 5) is 30.3. The van der Waals surface area contributed by atoms with Gasteiger partial charge in [0.05, 0.1) is 6.04 Å². The standard InChI is InChI=1S/C19H34N4O2S/c1-9-10-11-13-12-23(19(5,6)7)26-15(13)21-17(25)22(8)16(24)14(20)18(2,3)4/h12,14H,9-11,20H2,1-8H3/t14-/m1/s1. The molecular formula is C19H34N4O2S. The van der Waals surface area contributed by atoms with Crippen LogP contribution >= 0.6 is 11.5 Å². The number of carbonyl (C=O) groups is 2. The number of imide groups is 1. The van der Waals surface area contributed by atoms with Gasteiger partial charge in [0.15, 0.2) is 0 Å². The van der Waals surface area contributed by atoms with Crippen molar-refractivity contribution in [3.8, 4) is 0 Å². The van der Waals surface area contributed by atoms with E-state index in [9.17, 15) is 9.59 Å². The van der Waals surface area contributed by atoms with Crippen molar-refractivity contribution >= 4 is 23.5 Å². The minimum Gasteiger partial charge on any atom is -0.319 e. The maximum absolute atomic E-state index is 12.6. The second-order valence-electron chi connectivity index (χ2n) is 8.79. The average molecular weight is 383 g/mol. The maximum Gasteiger partial charge on any atom is 0.351 e. The first-order valence-corrected chi connectivity index (χ1v) is 9.90. The number of nitrogens with two attached hydrogens (primary N) is 1. The van der Waals surface area contributed by atoms with Crippen molar-refractivity contribution < 1.29 is 9.59 Å². The third-order valence-corrected chi connectivity index (χ3v) is 5.58. The number of likely N-dealkylation sites (N-methyl/N-ethyl adjacent to an activating group) is 1. The molecule has 0 unspecified atom stereocenters. The lowest BCUT2D eigenvalue weighted by atomic mass is 9.87. The molecule has 1 rings (SSSR count). The molecule has 0 aliphatic heterocycles. The third kappa shape index (κ3) is 5.77. The van der Waals surface area contributed by atoms with Gasteiger partial charge in [-0.15, -0.1) is 0 Å². The number of carbonyl (C=O) groups excluding carboxylic acids is 2. The Morgan fingerprint density at radius 3 is 2.31 bits per heavy atom. The summed E-state index contributed by atoms with van der Waals surface area (Å²) in [6, 6.07) is -1.33. The van der Waals surface area contributed by atoms with Gasteiger partial charge in [-0.25, -0.2) is 4.79 Å². The number of hydrogen-bond donors (Lipinski definition) is 1. The summed E-state index contributed by atoms with van der Waals surface area (Å²) in [5, 5.41) is 0. The average Bonchev–Trinajstić information content (AvgIpc) is 2.92. The lowest BCUT2D eigenvalue weighted by Gasteiger charge is -2.28. The van der Waals surface area contributed by atoms with Crippen molar-refractivity contribution in [2.24, 2.45) is 16.1 Å². The van der Waals surface area contributed by atoms with Gasteiger partial charge in [-0.1, -0.05) is 34.1 Å². The number of amides is 3. The predicted molar refractivity (Wildman–Crippen MR) is 107 cm³/mol. The van der Waals surface area contributed by atoms with Gasteiger partial charge in [0.1, 0.15) is 4.67 Å². The largest absolute Gasteiger partial charge is 0.351 e. The van der Waals surface area contributed by atoms with Crippen LogP contribution in [0.3, 0.4) is 0 Å². The molecule has 0 radical (unpaired) electrons. The molecule has 0 spiro atoms. The lowest BCUT2D eigenvalue weighted by Crippen LogP contribution is -2.50. The van der Waals surface area contributed by atoms with Crippen molar-refractivity contribution in [3.63, 3.8) is 0 Å². The van der Waals surface area contributed by atoms with E-state index in [4.69, 9.17) is 5.73 Å². The van der Waals surface area contributed by atoms with Gasteiger partial charge >= 0.3 is 6.03 Å². The van der Waals surface area contributed by atoms with E-state index in [-0.39, 0.29) is 5.54 Å². The molecule has 1 heterocycles. The minimum absolute atomic E-state index is 0.0846. The van der Waals surface area contributed by atoms with Crippen LogP contribution in [-0.2, 0) is 16.8 Å². The number of unbranched alkanes of at least 4 members (excludes halogenated alkanes) is 1. The Hall–Kier alpha value is -1.47. The van der Waals surface area contributed by atoms with Crippen LogP contribution in [0.15, 0.2) is 11.2 Å². The second-order valence-corrected chi connectivity index (χ2v) is 9.75. The minimum atomic E-state index is -0.756. The SMILES string of the molecule is CCCCc1cn(C(C)(C)C)sc1=NC(=O)N(C)C(=O)[C@@H](N)C(C)(C)C. The summed E-state index contributed by atoms with van der Waals surface area (Å²) in [7, 11) is 1.44. The van der Waals surface area contributed by atoms with Crippen molar-refractivity contribution in [1.29, 1.82) is 0 Å². The number of hydrogen-bond acceptors (Lipinski definition) is 4. The van der Waals surface area contributed by atoms with Crippen LogP contribution in [0, 0.1) is 5.41 Å². The van der Waals surface area contributed by atoms with E-state index in [2.05, 4.69) is 42.8 Å². The predicted octanol–water partition coefficient (Wildman–Crippen LogP) is 3.50. The Morgan fingerprint density at radius 1 is 1.27 bits per heavy atom. The number of aromatic nitrogens is 1. The van der Waals surface area contributed by atoms with Crippen LogP contribution in [0.5, 0.6) is 0 Å². The Bertz CT molecular complexity index is 704. The highest BCUT2D eigenvalue weighted by molar-refractivity contribution is 7.04. The molecule has 0 aromatic carbocycles. The smallest absolute Gasteiger partial charge is 0.319 e. The zero-order valence-corrected chi connectivity index (χ0v) is 18.2. The molecule has 1 aromatic heterocycles. The molecule has 7 heteroatoms. The fraction of sp³-hybridized carbons (Fsp3) is 0.737. The van der Waals surface area contributed by atoms with Gasteiger partial charge < -0.3 is 5.73 Å². The van der Waals surface area contributed by atoms with Crippen LogP contribution in [0.2, 0.25) is 0 Å². The molecular weight excluding hydrogens is 348 g/mol. The topological polar surface area (TPSA) is 80.7 Å². The Balaban J connectivity index is 3.19. The molecule has 0 bridgehead atoms. The van der Waals surface area contributed by atoms with Crippen LogP contribution < -0.4 is 10.4 Å². The summed E-state index contributed by atoms with van der Waals surface area (Å²) in [5.41, 5.74) is 6.53. The first-order valence-electron chi connectivity index (χ1n) is 9.13. The summed E-state index contributed by atoms with van der Waals surface area (Å²) < 4.78 is 2.77. The number of nitrogens with zero attached hydrogens (tertiary/aromatic N) is 3. The van der Waals surface area contributed by atoms with E-state index in [0.29, 0.717) is 4.67 Å². The van der Waals surface area contributed by atoms with Crippen LogP contribution in [0.25, 0.3) is 0 Å². The molecule has 6 nitrogen and oxygen atoms in total. The Kier molecular flexibility index (Phi) is 7.36. The molecule has 0 aliphatic carbocycles. The van der Waals surface area contributed by atoms with Crippen molar-refractivity contribution in [3.05, 3.63) is 16.4 Å². The highest BCUT2D eigenvalue weighted by Crippen LogP contribution is 2.20. The van der Waals surface area contributed by atoms with Gasteiger partial charge in [-0.3, -0.25) is 13.7 Å². The summed E-state index contributed by atoms with van der Waals surface area (Å²) >= 11 is 1.45. The van der Waals surface area contributed by atoms with Crippen LogP contribution in [-0.4, -0.2) is 33.9 Å². The van der Waals surface area contributed by atoms with Gasteiger partial charge in [-0.05, 0) is 50.6 Å². The molecule has 0 aliphatic rings. The van der Waals surface area contributed by atoms with E-state index < -0.39 is 23.4 Å².